The molecule has 160 valence electrons. The number of likely N-dealkylation sites (tertiary alicyclic amines) is 1. The van der Waals surface area contributed by atoms with Crippen molar-refractivity contribution in [3.8, 4) is 5.95 Å². The zero-order valence-electron chi connectivity index (χ0n) is 17.6. The predicted molar refractivity (Wildman–Crippen MR) is 112 cm³/mol. The first kappa shape index (κ1) is 19.6. The number of nitrogens with zero attached hydrogens (tertiary/aromatic N) is 5. The molecule has 2 aromatic heterocycles. The first-order valence-electron chi connectivity index (χ1n) is 11.0. The molecule has 0 amide bonds. The fourth-order valence-corrected chi connectivity index (χ4v) is 4.85. The van der Waals surface area contributed by atoms with Gasteiger partial charge in [0.25, 0.3) is 5.95 Å². The highest BCUT2D eigenvalue weighted by Crippen LogP contribution is 2.28. The second-order valence-corrected chi connectivity index (χ2v) is 8.99. The molecule has 2 aliphatic heterocycles. The summed E-state index contributed by atoms with van der Waals surface area (Å²) in [6.45, 7) is 8.55. The SMILES string of the molecule is CC(C)c1nn(-c2noc(C[C@@H]3CCN(C[C@@H]4CCCN4)C3)n2)c2c(F)cccc12. The van der Waals surface area contributed by atoms with Gasteiger partial charge in [-0.2, -0.15) is 14.8 Å². The molecule has 0 radical (unpaired) electrons. The number of nitrogens with one attached hydrogen (secondary N) is 1. The van der Waals surface area contributed by atoms with Crippen LogP contribution in [0.15, 0.2) is 22.7 Å². The normalized spacial score (nSPS) is 22.7. The van der Waals surface area contributed by atoms with Gasteiger partial charge in [-0.05, 0) is 55.4 Å². The van der Waals surface area contributed by atoms with E-state index in [1.54, 1.807) is 6.07 Å². The molecular formula is C22H29FN6O. The monoisotopic (exact) mass is 412 g/mol. The number of fused-ring (bicyclic) bond motifs is 1. The maximum absolute atomic E-state index is 14.6. The molecule has 7 nitrogen and oxygen atoms in total. The Morgan fingerprint density at radius 1 is 1.30 bits per heavy atom. The lowest BCUT2D eigenvalue weighted by Crippen LogP contribution is -2.36. The Balaban J connectivity index is 1.32. The molecule has 1 aromatic carbocycles. The number of aromatic nitrogens is 4. The summed E-state index contributed by atoms with van der Waals surface area (Å²) in [6.07, 6.45) is 4.45. The standard InChI is InChI=1S/C22H29FN6O/c1-14(2)20-17-6-3-7-18(23)21(17)29(26-20)22-25-19(30-27-22)11-15-8-10-28(12-15)13-16-5-4-9-24-16/h3,6-7,14-16,24H,4-5,8-13H2,1-2H3/t15-,16-/m0/s1. The van der Waals surface area contributed by atoms with E-state index in [9.17, 15) is 4.39 Å². The van der Waals surface area contributed by atoms with Gasteiger partial charge in [0.1, 0.15) is 11.3 Å². The summed E-state index contributed by atoms with van der Waals surface area (Å²) in [5.74, 6) is 1.25. The lowest BCUT2D eigenvalue weighted by Gasteiger charge is -2.20. The molecule has 0 bridgehead atoms. The van der Waals surface area contributed by atoms with E-state index >= 15 is 0 Å². The number of hydrogen-bond donors (Lipinski definition) is 1. The number of benzene rings is 1. The van der Waals surface area contributed by atoms with Crippen LogP contribution in [0.3, 0.4) is 0 Å². The minimum Gasteiger partial charge on any atom is -0.337 e. The Kier molecular flexibility index (Phi) is 5.28. The fraction of sp³-hybridized carbons (Fsp3) is 0.591. The average Bonchev–Trinajstić information content (AvgIpc) is 3.49. The quantitative estimate of drug-likeness (QED) is 0.670. The van der Waals surface area contributed by atoms with E-state index in [0.29, 0.717) is 29.3 Å². The van der Waals surface area contributed by atoms with Crippen LogP contribution in [0.1, 0.15) is 50.6 Å². The van der Waals surface area contributed by atoms with Crippen molar-refractivity contribution < 1.29 is 8.91 Å². The summed E-state index contributed by atoms with van der Waals surface area (Å²) in [4.78, 5) is 7.10. The third kappa shape index (κ3) is 3.74. The average molecular weight is 413 g/mol. The van der Waals surface area contributed by atoms with Gasteiger partial charge >= 0.3 is 0 Å². The highest BCUT2D eigenvalue weighted by Gasteiger charge is 2.28. The molecular weight excluding hydrogens is 383 g/mol. The van der Waals surface area contributed by atoms with E-state index in [4.69, 9.17) is 4.52 Å². The molecule has 5 rings (SSSR count). The summed E-state index contributed by atoms with van der Waals surface area (Å²) in [6, 6.07) is 5.68. The second-order valence-electron chi connectivity index (χ2n) is 8.99. The minimum atomic E-state index is -0.329. The molecule has 1 N–H and O–H groups in total. The Morgan fingerprint density at radius 3 is 3.00 bits per heavy atom. The van der Waals surface area contributed by atoms with E-state index < -0.39 is 0 Å². The van der Waals surface area contributed by atoms with Crippen LogP contribution in [-0.2, 0) is 6.42 Å². The fourth-order valence-electron chi connectivity index (χ4n) is 4.85. The van der Waals surface area contributed by atoms with Crippen LogP contribution < -0.4 is 5.32 Å². The molecule has 2 fully saturated rings. The van der Waals surface area contributed by atoms with E-state index in [-0.39, 0.29) is 11.7 Å². The molecule has 0 saturated carbocycles. The van der Waals surface area contributed by atoms with Gasteiger partial charge in [0, 0.05) is 30.9 Å². The lowest BCUT2D eigenvalue weighted by molar-refractivity contribution is 0.285. The molecule has 2 atom stereocenters. The summed E-state index contributed by atoms with van der Waals surface area (Å²) in [5, 5.41) is 13.1. The van der Waals surface area contributed by atoms with Crippen LogP contribution in [0.4, 0.5) is 4.39 Å². The Hall–Kier alpha value is -2.32. The predicted octanol–water partition coefficient (Wildman–Crippen LogP) is 3.29. The van der Waals surface area contributed by atoms with Crippen LogP contribution >= 0.6 is 0 Å². The third-order valence-electron chi connectivity index (χ3n) is 6.35. The summed E-state index contributed by atoms with van der Waals surface area (Å²) < 4.78 is 21.6. The first-order chi connectivity index (χ1) is 14.6. The van der Waals surface area contributed by atoms with Gasteiger partial charge in [0.05, 0.1) is 5.69 Å². The van der Waals surface area contributed by atoms with Gasteiger partial charge in [0.15, 0.2) is 0 Å². The molecule has 4 heterocycles. The molecule has 8 heteroatoms. The Bertz CT molecular complexity index is 1020. The Morgan fingerprint density at radius 2 is 2.20 bits per heavy atom. The highest BCUT2D eigenvalue weighted by molar-refractivity contribution is 5.84. The molecule has 0 unspecified atom stereocenters. The van der Waals surface area contributed by atoms with E-state index in [2.05, 4.69) is 25.5 Å². The highest BCUT2D eigenvalue weighted by atomic mass is 19.1. The van der Waals surface area contributed by atoms with Crippen LogP contribution in [0.5, 0.6) is 0 Å². The van der Waals surface area contributed by atoms with Crippen LogP contribution in [0.25, 0.3) is 16.9 Å². The van der Waals surface area contributed by atoms with Crippen molar-refractivity contribution in [1.82, 2.24) is 30.1 Å². The summed E-state index contributed by atoms with van der Waals surface area (Å²) >= 11 is 0. The molecule has 2 saturated heterocycles. The van der Waals surface area contributed by atoms with Crippen molar-refractivity contribution in [3.05, 3.63) is 35.6 Å². The first-order valence-corrected chi connectivity index (χ1v) is 11.0. The van der Waals surface area contributed by atoms with E-state index in [0.717, 1.165) is 50.1 Å². The number of rotatable bonds is 6. The van der Waals surface area contributed by atoms with Crippen molar-refractivity contribution in [2.24, 2.45) is 5.92 Å². The van der Waals surface area contributed by atoms with Gasteiger partial charge in [-0.15, -0.1) is 0 Å². The van der Waals surface area contributed by atoms with Gasteiger partial charge < -0.3 is 14.7 Å². The van der Waals surface area contributed by atoms with Crippen LogP contribution in [0.2, 0.25) is 0 Å². The smallest absolute Gasteiger partial charge is 0.291 e. The molecule has 2 aliphatic rings. The molecule has 30 heavy (non-hydrogen) atoms. The maximum atomic E-state index is 14.6. The van der Waals surface area contributed by atoms with Crippen molar-refractivity contribution in [1.29, 1.82) is 0 Å². The largest absolute Gasteiger partial charge is 0.337 e. The number of para-hydroxylation sites is 1. The lowest BCUT2D eigenvalue weighted by atomic mass is 10.1. The maximum Gasteiger partial charge on any atom is 0.291 e. The zero-order valence-corrected chi connectivity index (χ0v) is 17.6. The van der Waals surface area contributed by atoms with Gasteiger partial charge in [-0.25, -0.2) is 4.39 Å². The zero-order chi connectivity index (χ0) is 20.7. The number of hydrogen-bond acceptors (Lipinski definition) is 6. The molecule has 0 aliphatic carbocycles. The van der Waals surface area contributed by atoms with Crippen molar-refractivity contribution in [2.45, 2.75) is 51.5 Å². The van der Waals surface area contributed by atoms with E-state index in [1.165, 1.54) is 23.6 Å². The minimum absolute atomic E-state index is 0.167. The van der Waals surface area contributed by atoms with Gasteiger partial charge in [-0.3, -0.25) is 0 Å². The van der Waals surface area contributed by atoms with Crippen LogP contribution in [0, 0.1) is 11.7 Å². The van der Waals surface area contributed by atoms with Crippen LogP contribution in [-0.4, -0.2) is 57.0 Å². The van der Waals surface area contributed by atoms with Crippen molar-refractivity contribution >= 4 is 10.9 Å². The number of halogens is 1. The summed E-state index contributed by atoms with van der Waals surface area (Å²) in [7, 11) is 0. The van der Waals surface area contributed by atoms with Crippen molar-refractivity contribution in [2.75, 3.05) is 26.2 Å². The molecule has 0 spiro atoms. The van der Waals surface area contributed by atoms with Crippen molar-refractivity contribution in [3.63, 3.8) is 0 Å². The van der Waals surface area contributed by atoms with E-state index in [1.807, 2.05) is 19.9 Å². The second kappa shape index (κ2) is 8.07. The molecule has 3 aromatic rings. The van der Waals surface area contributed by atoms with Gasteiger partial charge in [-0.1, -0.05) is 26.0 Å². The third-order valence-corrected chi connectivity index (χ3v) is 6.35. The Labute approximate surface area is 175 Å². The summed E-state index contributed by atoms with van der Waals surface area (Å²) in [5.41, 5.74) is 1.24. The van der Waals surface area contributed by atoms with Gasteiger partial charge in [0.2, 0.25) is 5.89 Å². The topological polar surface area (TPSA) is 72.0 Å².